The summed E-state index contributed by atoms with van der Waals surface area (Å²) in [5, 5.41) is 9.87. The second-order valence-corrected chi connectivity index (χ2v) is 4.20. The van der Waals surface area contributed by atoms with Gasteiger partial charge in [-0.05, 0) is 18.6 Å². The molecule has 0 fully saturated rings. The number of nitrogens with zero attached hydrogens (tertiary/aromatic N) is 1. The quantitative estimate of drug-likeness (QED) is 0.748. The van der Waals surface area contributed by atoms with Crippen molar-refractivity contribution in [3.05, 3.63) is 24.3 Å². The molecule has 0 radical (unpaired) electrons. The van der Waals surface area contributed by atoms with Crippen molar-refractivity contribution in [2.75, 3.05) is 13.1 Å². The van der Waals surface area contributed by atoms with Gasteiger partial charge in [-0.2, -0.15) is 0 Å². The van der Waals surface area contributed by atoms with Gasteiger partial charge in [0.15, 0.2) is 11.5 Å². The molecule has 0 saturated carbocycles. The van der Waals surface area contributed by atoms with Gasteiger partial charge in [0.2, 0.25) is 0 Å². The van der Waals surface area contributed by atoms with Crippen molar-refractivity contribution in [2.45, 2.75) is 26.1 Å². The van der Waals surface area contributed by atoms with E-state index in [4.69, 9.17) is 9.94 Å². The number of rotatable bonds is 8. The van der Waals surface area contributed by atoms with E-state index < -0.39 is 24.6 Å². The molecule has 1 rings (SSSR count). The molecule has 0 atom stereocenters. The third-order valence-corrected chi connectivity index (χ3v) is 2.37. The molecular formula is C13H16F3NO4. The van der Waals surface area contributed by atoms with Gasteiger partial charge in [-0.3, -0.25) is 4.79 Å². The maximum absolute atomic E-state index is 12.3. The molecule has 1 N–H and O–H groups in total. The molecule has 0 unspecified atom stereocenters. The van der Waals surface area contributed by atoms with Crippen LogP contribution in [0.4, 0.5) is 13.2 Å². The molecule has 0 aromatic heterocycles. The standard InChI is InChI=1S/C13H16F3NO4/c1-2-3-8-17(9-12(18)19)21-11-7-5-4-6-10(11)20-13(14,15)16/h4-7H,2-3,8-9H2,1H3,(H,18,19). The zero-order valence-electron chi connectivity index (χ0n) is 11.4. The monoisotopic (exact) mass is 307 g/mol. The Bertz CT molecular complexity index is 465. The Kier molecular flexibility index (Phi) is 6.29. The topological polar surface area (TPSA) is 59.0 Å². The highest BCUT2D eigenvalue weighted by molar-refractivity contribution is 5.68. The summed E-state index contributed by atoms with van der Waals surface area (Å²) in [4.78, 5) is 16.0. The first-order chi connectivity index (χ1) is 9.81. The maximum atomic E-state index is 12.3. The fourth-order valence-electron chi connectivity index (χ4n) is 1.52. The summed E-state index contributed by atoms with van der Waals surface area (Å²) < 4.78 is 40.7. The zero-order valence-corrected chi connectivity index (χ0v) is 11.4. The number of alkyl halides is 3. The number of ether oxygens (including phenoxy) is 1. The van der Waals surface area contributed by atoms with Crippen molar-refractivity contribution in [1.29, 1.82) is 0 Å². The molecule has 118 valence electrons. The molecule has 0 spiro atoms. The third kappa shape index (κ3) is 6.84. The number of aliphatic carboxylic acids is 1. The zero-order chi connectivity index (χ0) is 15.9. The smallest absolute Gasteiger partial charge is 0.480 e. The molecule has 0 heterocycles. The lowest BCUT2D eigenvalue weighted by Crippen LogP contribution is -2.34. The van der Waals surface area contributed by atoms with Crippen molar-refractivity contribution in [3.8, 4) is 11.5 Å². The number of hydroxylamine groups is 2. The van der Waals surface area contributed by atoms with Gasteiger partial charge >= 0.3 is 12.3 Å². The summed E-state index contributed by atoms with van der Waals surface area (Å²) in [6.45, 7) is 1.74. The van der Waals surface area contributed by atoms with E-state index in [1.807, 2.05) is 6.92 Å². The van der Waals surface area contributed by atoms with E-state index in [0.717, 1.165) is 17.6 Å². The lowest BCUT2D eigenvalue weighted by atomic mass is 10.3. The van der Waals surface area contributed by atoms with Crippen LogP contribution in [0.5, 0.6) is 11.5 Å². The van der Waals surface area contributed by atoms with Gasteiger partial charge < -0.3 is 14.7 Å². The van der Waals surface area contributed by atoms with E-state index in [9.17, 15) is 18.0 Å². The Balaban J connectivity index is 2.84. The molecule has 0 aliphatic rings. The predicted molar refractivity (Wildman–Crippen MR) is 67.9 cm³/mol. The molecule has 8 heteroatoms. The number of hydrogen-bond acceptors (Lipinski definition) is 4. The van der Waals surface area contributed by atoms with Crippen LogP contribution in [0.2, 0.25) is 0 Å². The van der Waals surface area contributed by atoms with Crippen LogP contribution in [0.25, 0.3) is 0 Å². The van der Waals surface area contributed by atoms with E-state index in [0.29, 0.717) is 6.42 Å². The Morgan fingerprint density at radius 2 is 1.90 bits per heavy atom. The molecule has 0 saturated heterocycles. The summed E-state index contributed by atoms with van der Waals surface area (Å²) >= 11 is 0. The van der Waals surface area contributed by atoms with Crippen LogP contribution in [-0.2, 0) is 4.79 Å². The number of hydrogen-bond donors (Lipinski definition) is 1. The van der Waals surface area contributed by atoms with Crippen molar-refractivity contribution in [3.63, 3.8) is 0 Å². The highest BCUT2D eigenvalue weighted by atomic mass is 19.4. The van der Waals surface area contributed by atoms with Crippen molar-refractivity contribution in [2.24, 2.45) is 0 Å². The summed E-state index contributed by atoms with van der Waals surface area (Å²) in [7, 11) is 0. The highest BCUT2D eigenvalue weighted by Gasteiger charge is 2.32. The first-order valence-corrected chi connectivity index (χ1v) is 6.31. The Hall–Kier alpha value is -1.96. The van der Waals surface area contributed by atoms with Gasteiger partial charge in [0.25, 0.3) is 0 Å². The van der Waals surface area contributed by atoms with Gasteiger partial charge in [-0.1, -0.05) is 25.5 Å². The summed E-state index contributed by atoms with van der Waals surface area (Å²) in [6.07, 6.45) is -3.41. The third-order valence-electron chi connectivity index (χ3n) is 2.37. The maximum Gasteiger partial charge on any atom is 0.573 e. The summed E-state index contributed by atoms with van der Waals surface area (Å²) in [6, 6.07) is 5.21. The molecule has 1 aromatic rings. The minimum Gasteiger partial charge on any atom is -0.480 e. The average Bonchev–Trinajstić information content (AvgIpc) is 2.36. The Labute approximate surface area is 119 Å². The SMILES string of the molecule is CCCCN(CC(=O)O)Oc1ccccc1OC(F)(F)F. The van der Waals surface area contributed by atoms with Crippen LogP contribution < -0.4 is 9.57 Å². The first-order valence-electron chi connectivity index (χ1n) is 6.31. The van der Waals surface area contributed by atoms with Gasteiger partial charge in [-0.15, -0.1) is 18.2 Å². The van der Waals surface area contributed by atoms with Crippen molar-refractivity contribution < 1.29 is 32.6 Å². The van der Waals surface area contributed by atoms with E-state index in [-0.39, 0.29) is 12.3 Å². The number of benzene rings is 1. The van der Waals surface area contributed by atoms with E-state index in [2.05, 4.69) is 4.74 Å². The molecule has 0 bridgehead atoms. The van der Waals surface area contributed by atoms with Gasteiger partial charge in [0.05, 0.1) is 0 Å². The largest absolute Gasteiger partial charge is 0.573 e. The fraction of sp³-hybridized carbons (Fsp3) is 0.462. The van der Waals surface area contributed by atoms with Crippen molar-refractivity contribution in [1.82, 2.24) is 5.06 Å². The molecule has 21 heavy (non-hydrogen) atoms. The van der Waals surface area contributed by atoms with Crippen molar-refractivity contribution >= 4 is 5.97 Å². The molecule has 5 nitrogen and oxygen atoms in total. The molecular weight excluding hydrogens is 291 g/mol. The van der Waals surface area contributed by atoms with Crippen LogP contribution in [-0.4, -0.2) is 35.6 Å². The Morgan fingerprint density at radius 1 is 1.29 bits per heavy atom. The first kappa shape index (κ1) is 17.1. The second-order valence-electron chi connectivity index (χ2n) is 4.20. The lowest BCUT2D eigenvalue weighted by molar-refractivity contribution is -0.275. The number of carboxylic acids is 1. The van der Waals surface area contributed by atoms with Gasteiger partial charge in [-0.25, -0.2) is 0 Å². The van der Waals surface area contributed by atoms with E-state index in [1.165, 1.54) is 18.2 Å². The molecule has 1 aromatic carbocycles. The highest BCUT2D eigenvalue weighted by Crippen LogP contribution is 2.32. The average molecular weight is 307 g/mol. The van der Waals surface area contributed by atoms with Crippen LogP contribution in [0.3, 0.4) is 0 Å². The van der Waals surface area contributed by atoms with E-state index >= 15 is 0 Å². The minimum absolute atomic E-state index is 0.188. The normalized spacial score (nSPS) is 11.5. The van der Waals surface area contributed by atoms with Crippen LogP contribution in [0.15, 0.2) is 24.3 Å². The predicted octanol–water partition coefficient (Wildman–Crippen LogP) is 3.07. The Morgan fingerprint density at radius 3 is 2.43 bits per heavy atom. The number of halogens is 3. The number of carboxylic acid groups (broad SMARTS) is 1. The fourth-order valence-corrected chi connectivity index (χ4v) is 1.52. The number of carbonyl (C=O) groups is 1. The number of unbranched alkanes of at least 4 members (excludes halogenated alkanes) is 1. The summed E-state index contributed by atoms with van der Waals surface area (Å²) in [5.74, 6) is -1.84. The number of para-hydroxylation sites is 2. The molecule has 0 aliphatic heterocycles. The van der Waals surface area contributed by atoms with Gasteiger partial charge in [0, 0.05) is 6.54 Å². The van der Waals surface area contributed by atoms with Crippen LogP contribution in [0, 0.1) is 0 Å². The summed E-state index contributed by atoms with van der Waals surface area (Å²) in [5.41, 5.74) is 0. The second kappa shape index (κ2) is 7.72. The van der Waals surface area contributed by atoms with E-state index in [1.54, 1.807) is 0 Å². The minimum atomic E-state index is -4.85. The van der Waals surface area contributed by atoms with Crippen LogP contribution >= 0.6 is 0 Å². The van der Waals surface area contributed by atoms with Gasteiger partial charge in [0.1, 0.15) is 6.54 Å². The molecule has 0 aliphatic carbocycles. The lowest BCUT2D eigenvalue weighted by Gasteiger charge is -2.22. The molecule has 0 amide bonds. The van der Waals surface area contributed by atoms with Crippen LogP contribution in [0.1, 0.15) is 19.8 Å².